The number of aromatic nitrogens is 1. The molecule has 3 N–H and O–H groups in total. The van der Waals surface area contributed by atoms with Crippen LogP contribution in [0.2, 0.25) is 0 Å². The Labute approximate surface area is 120 Å². The fraction of sp³-hybridized carbons (Fsp3) is 0.417. The molecule has 9 nitrogen and oxygen atoms in total. The molecule has 0 aliphatic heterocycles. The maximum Gasteiger partial charge on any atom is 0.339 e. The van der Waals surface area contributed by atoms with Crippen LogP contribution in [0.3, 0.4) is 0 Å². The van der Waals surface area contributed by atoms with Crippen LogP contribution >= 0.6 is 0 Å². The summed E-state index contributed by atoms with van der Waals surface area (Å²) in [5, 5.41) is 25.0. The number of aromatic carboxylic acids is 1. The van der Waals surface area contributed by atoms with E-state index in [2.05, 4.69) is 15.6 Å². The van der Waals surface area contributed by atoms with Crippen molar-refractivity contribution in [1.29, 1.82) is 0 Å². The number of nitrogens with one attached hydrogen (secondary N) is 2. The fourth-order valence-electron chi connectivity index (χ4n) is 1.50. The van der Waals surface area contributed by atoms with Crippen LogP contribution in [0.5, 0.6) is 0 Å². The van der Waals surface area contributed by atoms with E-state index in [4.69, 9.17) is 5.11 Å². The van der Waals surface area contributed by atoms with E-state index in [1.165, 1.54) is 0 Å². The van der Waals surface area contributed by atoms with Gasteiger partial charge in [-0.3, -0.25) is 14.9 Å². The van der Waals surface area contributed by atoms with Crippen LogP contribution < -0.4 is 10.6 Å². The Kier molecular flexibility index (Phi) is 5.58. The summed E-state index contributed by atoms with van der Waals surface area (Å²) in [5.41, 5.74) is -0.791. The van der Waals surface area contributed by atoms with Crippen LogP contribution in [-0.2, 0) is 4.79 Å². The second-order valence-electron chi connectivity index (χ2n) is 4.31. The number of pyridine rings is 1. The molecule has 114 valence electrons. The molecule has 21 heavy (non-hydrogen) atoms. The molecule has 0 aromatic carbocycles. The van der Waals surface area contributed by atoms with Gasteiger partial charge in [-0.05, 0) is 13.3 Å². The highest BCUT2D eigenvalue weighted by Gasteiger charge is 2.20. The van der Waals surface area contributed by atoms with Crippen LogP contribution in [0.15, 0.2) is 12.3 Å². The van der Waals surface area contributed by atoms with E-state index in [0.717, 1.165) is 18.7 Å². The summed E-state index contributed by atoms with van der Waals surface area (Å²) >= 11 is 0. The first-order valence-electron chi connectivity index (χ1n) is 6.28. The van der Waals surface area contributed by atoms with E-state index >= 15 is 0 Å². The number of hydrogen-bond donors (Lipinski definition) is 3. The van der Waals surface area contributed by atoms with Crippen molar-refractivity contribution >= 4 is 23.4 Å². The Hall–Kier alpha value is -2.71. The lowest BCUT2D eigenvalue weighted by Crippen LogP contribution is -2.38. The summed E-state index contributed by atoms with van der Waals surface area (Å²) in [6, 6.07) is 0.178. The Bertz CT molecular complexity index is 561. The van der Waals surface area contributed by atoms with Gasteiger partial charge >= 0.3 is 5.97 Å². The lowest BCUT2D eigenvalue weighted by molar-refractivity contribution is -0.385. The van der Waals surface area contributed by atoms with Crippen molar-refractivity contribution < 1.29 is 19.6 Å². The van der Waals surface area contributed by atoms with Gasteiger partial charge in [-0.1, -0.05) is 6.92 Å². The van der Waals surface area contributed by atoms with E-state index in [9.17, 15) is 19.7 Å². The van der Waals surface area contributed by atoms with Gasteiger partial charge in [0.05, 0.1) is 4.92 Å². The Morgan fingerprint density at radius 1 is 1.52 bits per heavy atom. The summed E-state index contributed by atoms with van der Waals surface area (Å²) in [6.07, 6.45) is 1.71. The average molecular weight is 296 g/mol. The van der Waals surface area contributed by atoms with Crippen LogP contribution in [0.25, 0.3) is 0 Å². The van der Waals surface area contributed by atoms with E-state index in [-0.39, 0.29) is 17.3 Å². The molecule has 0 spiro atoms. The van der Waals surface area contributed by atoms with Gasteiger partial charge in [0, 0.05) is 12.6 Å². The number of carboxylic acid groups (broad SMARTS) is 1. The molecule has 1 heterocycles. The van der Waals surface area contributed by atoms with Crippen molar-refractivity contribution in [3.8, 4) is 0 Å². The van der Waals surface area contributed by atoms with Crippen LogP contribution in [-0.4, -0.2) is 39.5 Å². The third kappa shape index (κ3) is 4.41. The monoisotopic (exact) mass is 296 g/mol. The molecule has 0 fully saturated rings. The molecule has 1 unspecified atom stereocenters. The van der Waals surface area contributed by atoms with Gasteiger partial charge in [-0.25, -0.2) is 9.78 Å². The number of carbonyl (C=O) groups is 2. The molecule has 0 saturated heterocycles. The molecule has 0 bridgehead atoms. The number of nitro groups is 1. The van der Waals surface area contributed by atoms with Gasteiger partial charge in [0.25, 0.3) is 5.69 Å². The number of anilines is 1. The molecule has 0 aliphatic carbocycles. The van der Waals surface area contributed by atoms with Gasteiger partial charge in [0.1, 0.15) is 23.6 Å². The predicted molar refractivity (Wildman–Crippen MR) is 74.2 cm³/mol. The first-order valence-corrected chi connectivity index (χ1v) is 6.28. The van der Waals surface area contributed by atoms with Crippen molar-refractivity contribution in [2.24, 2.45) is 0 Å². The highest BCUT2D eigenvalue weighted by Crippen LogP contribution is 2.19. The minimum atomic E-state index is -1.37. The molecule has 0 saturated carbocycles. The largest absolute Gasteiger partial charge is 0.478 e. The fourth-order valence-corrected chi connectivity index (χ4v) is 1.50. The first kappa shape index (κ1) is 16.3. The maximum absolute atomic E-state index is 11.7. The quantitative estimate of drug-likeness (QED) is 0.505. The summed E-state index contributed by atoms with van der Waals surface area (Å²) in [6.45, 7) is 3.95. The Balaban J connectivity index is 2.94. The number of carbonyl (C=O) groups excluding carboxylic acids is 1. The highest BCUT2D eigenvalue weighted by atomic mass is 16.6. The lowest BCUT2D eigenvalue weighted by atomic mass is 10.2. The Morgan fingerprint density at radius 3 is 2.71 bits per heavy atom. The van der Waals surface area contributed by atoms with E-state index in [1.54, 1.807) is 6.92 Å². The Morgan fingerprint density at radius 2 is 2.19 bits per heavy atom. The van der Waals surface area contributed by atoms with Crippen LogP contribution in [0.1, 0.15) is 30.6 Å². The van der Waals surface area contributed by atoms with Gasteiger partial charge in [-0.2, -0.15) is 0 Å². The van der Waals surface area contributed by atoms with Crippen molar-refractivity contribution in [3.05, 3.63) is 27.9 Å². The molecular formula is C12H16N4O5. The first-order chi connectivity index (χ1) is 9.86. The third-order valence-electron chi connectivity index (χ3n) is 2.61. The average Bonchev–Trinajstić information content (AvgIpc) is 2.44. The second kappa shape index (κ2) is 7.17. The van der Waals surface area contributed by atoms with Crippen LogP contribution in [0.4, 0.5) is 11.5 Å². The molecule has 0 aliphatic rings. The molecule has 1 amide bonds. The van der Waals surface area contributed by atoms with Gasteiger partial charge in [-0.15, -0.1) is 0 Å². The molecule has 1 aromatic heterocycles. The van der Waals surface area contributed by atoms with Gasteiger partial charge < -0.3 is 15.7 Å². The molecule has 1 atom stereocenters. The molecule has 9 heteroatoms. The summed E-state index contributed by atoms with van der Waals surface area (Å²) < 4.78 is 0. The summed E-state index contributed by atoms with van der Waals surface area (Å²) in [5.74, 6) is -1.77. The zero-order chi connectivity index (χ0) is 16.0. The predicted octanol–water partition coefficient (Wildman–Crippen LogP) is 1.01. The lowest BCUT2D eigenvalue weighted by Gasteiger charge is -2.15. The summed E-state index contributed by atoms with van der Waals surface area (Å²) in [4.78, 5) is 36.4. The maximum atomic E-state index is 11.7. The second-order valence-corrected chi connectivity index (χ2v) is 4.31. The van der Waals surface area contributed by atoms with Crippen molar-refractivity contribution in [1.82, 2.24) is 10.3 Å². The number of amides is 1. The smallest absolute Gasteiger partial charge is 0.339 e. The molecular weight excluding hydrogens is 280 g/mol. The number of rotatable bonds is 7. The van der Waals surface area contributed by atoms with Crippen LogP contribution in [0, 0.1) is 10.1 Å². The molecule has 1 rings (SSSR count). The highest BCUT2D eigenvalue weighted by molar-refractivity contribution is 5.95. The number of carboxylic acids is 1. The molecule has 1 aromatic rings. The minimum Gasteiger partial charge on any atom is -0.478 e. The zero-order valence-electron chi connectivity index (χ0n) is 11.6. The summed E-state index contributed by atoms with van der Waals surface area (Å²) in [7, 11) is 0. The van der Waals surface area contributed by atoms with E-state index in [0.29, 0.717) is 6.54 Å². The SMILES string of the molecule is CCCNC(=O)C(C)Nc1ncc([N+](=O)[O-])cc1C(=O)O. The van der Waals surface area contributed by atoms with Gasteiger partial charge in [0.2, 0.25) is 5.91 Å². The topological polar surface area (TPSA) is 134 Å². The van der Waals surface area contributed by atoms with Crippen molar-refractivity contribution in [2.75, 3.05) is 11.9 Å². The van der Waals surface area contributed by atoms with Crippen molar-refractivity contribution in [3.63, 3.8) is 0 Å². The van der Waals surface area contributed by atoms with E-state index in [1.807, 2.05) is 6.92 Å². The van der Waals surface area contributed by atoms with E-state index < -0.39 is 22.6 Å². The zero-order valence-corrected chi connectivity index (χ0v) is 11.6. The standard InChI is InChI=1S/C12H16N4O5/c1-3-4-13-11(17)7(2)15-10-9(12(18)19)5-8(6-14-10)16(20)21/h5-7H,3-4H2,1-2H3,(H,13,17)(H,14,15)(H,18,19). The number of nitrogens with zero attached hydrogens (tertiary/aromatic N) is 2. The van der Waals surface area contributed by atoms with Crippen molar-refractivity contribution in [2.45, 2.75) is 26.3 Å². The molecule has 0 radical (unpaired) electrons. The third-order valence-corrected chi connectivity index (χ3v) is 2.61. The minimum absolute atomic E-state index is 0.0905. The number of hydrogen-bond acceptors (Lipinski definition) is 6. The normalized spacial score (nSPS) is 11.5. The van der Waals surface area contributed by atoms with Gasteiger partial charge in [0.15, 0.2) is 0 Å².